The summed E-state index contributed by atoms with van der Waals surface area (Å²) in [5.41, 5.74) is 0. The fourth-order valence-corrected chi connectivity index (χ4v) is 0.509. The molecule has 0 aliphatic carbocycles. The Morgan fingerprint density at radius 1 is 2.14 bits per heavy atom. The van der Waals surface area contributed by atoms with E-state index in [0.29, 0.717) is 4.60 Å². The van der Waals surface area contributed by atoms with E-state index in [9.17, 15) is 0 Å². The maximum absolute atomic E-state index is 6.84. The van der Waals surface area contributed by atoms with Gasteiger partial charge in [0.05, 0.1) is 0 Å². The smallest absolute Gasteiger partial charge is 0.191 e. The van der Waals surface area contributed by atoms with Crippen molar-refractivity contribution in [2.24, 2.45) is 0 Å². The summed E-state index contributed by atoms with van der Waals surface area (Å²) in [6.07, 6.45) is 1.24. The number of hydrogen-bond acceptors (Lipinski definition) is 2. The van der Waals surface area contributed by atoms with Crippen LogP contribution in [0.3, 0.4) is 0 Å². The van der Waals surface area contributed by atoms with Gasteiger partial charge in [-0.15, -0.1) is 0 Å². The first-order valence-corrected chi connectivity index (χ1v) is 2.41. The van der Waals surface area contributed by atoms with Crippen molar-refractivity contribution in [1.82, 2.24) is 4.98 Å². The van der Waals surface area contributed by atoms with Crippen LogP contribution in [0.25, 0.3) is 0 Å². The van der Waals surface area contributed by atoms with Gasteiger partial charge in [-0.3, -0.25) is 0 Å². The van der Waals surface area contributed by atoms with Gasteiger partial charge in [0, 0.05) is 11.0 Å². The topological polar surface area (TPSA) is 26.0 Å². The molecule has 0 unspecified atom stereocenters. The van der Waals surface area contributed by atoms with Gasteiger partial charge in [0.25, 0.3) is 0 Å². The Morgan fingerprint density at radius 2 is 3.00 bits per heavy atom. The maximum Gasteiger partial charge on any atom is 0.191 e. The van der Waals surface area contributed by atoms with Gasteiger partial charge in [-0.05, 0) is 15.9 Å². The second-order valence-corrected chi connectivity index (χ2v) is 1.79. The van der Waals surface area contributed by atoms with Crippen LogP contribution in [-0.4, -0.2) is 4.98 Å². The van der Waals surface area contributed by atoms with Crippen molar-refractivity contribution in [2.45, 2.75) is 6.85 Å². The summed E-state index contributed by atoms with van der Waals surface area (Å²) in [6.45, 7) is -2.24. The van der Waals surface area contributed by atoms with E-state index < -0.39 is 6.85 Å². The zero-order valence-corrected chi connectivity index (χ0v) is 4.90. The lowest BCUT2D eigenvalue weighted by molar-refractivity contribution is 0.521. The Labute approximate surface area is 53.9 Å². The van der Waals surface area contributed by atoms with E-state index in [1.165, 1.54) is 6.26 Å². The minimum Gasteiger partial charge on any atom is -0.448 e. The summed E-state index contributed by atoms with van der Waals surface area (Å²) in [4.78, 5) is 3.57. The molecule has 0 saturated heterocycles. The molecule has 0 fully saturated rings. The van der Waals surface area contributed by atoms with Gasteiger partial charge in [0.2, 0.25) is 0 Å². The predicted octanol–water partition coefficient (Wildman–Crippen LogP) is 1.75. The van der Waals surface area contributed by atoms with Crippen LogP contribution < -0.4 is 0 Å². The van der Waals surface area contributed by atoms with Crippen molar-refractivity contribution in [2.75, 3.05) is 0 Å². The van der Waals surface area contributed by atoms with Crippen LogP contribution in [0.4, 0.5) is 0 Å². The second kappa shape index (κ2) is 1.66. The van der Waals surface area contributed by atoms with Crippen molar-refractivity contribution in [1.29, 1.82) is 0 Å². The molecule has 0 N–H and O–H groups in total. The van der Waals surface area contributed by atoms with Gasteiger partial charge in [0.1, 0.15) is 10.9 Å². The third kappa shape index (κ3) is 1.03. The molecule has 1 aromatic heterocycles. The molecule has 1 heterocycles. The molecule has 38 valence electrons. The van der Waals surface area contributed by atoms with Crippen LogP contribution in [0.1, 0.15) is 10.0 Å². The van der Waals surface area contributed by atoms with E-state index in [-0.39, 0.29) is 5.89 Å². The second-order valence-electron chi connectivity index (χ2n) is 0.975. The van der Waals surface area contributed by atoms with Crippen LogP contribution in [0, 0.1) is 6.85 Å². The number of aryl methyl sites for hydroxylation is 1. The lowest BCUT2D eigenvalue weighted by atomic mass is 10.8. The summed E-state index contributed by atoms with van der Waals surface area (Å²) in [7, 11) is 0. The lowest BCUT2D eigenvalue weighted by Gasteiger charge is -1.68. The molecule has 0 radical (unpaired) electrons. The highest BCUT2D eigenvalue weighted by Crippen LogP contribution is 2.06. The average molecular weight is 165 g/mol. The minimum absolute atomic E-state index is 0.237. The van der Waals surface area contributed by atoms with Gasteiger partial charge < -0.3 is 4.42 Å². The van der Waals surface area contributed by atoms with Gasteiger partial charge in [0.15, 0.2) is 5.89 Å². The van der Waals surface area contributed by atoms with Crippen molar-refractivity contribution < 1.29 is 8.53 Å². The average Bonchev–Trinajstić information content (AvgIpc) is 2.11. The molecule has 1 aromatic rings. The van der Waals surface area contributed by atoms with Crippen molar-refractivity contribution in [3.05, 3.63) is 16.8 Å². The van der Waals surface area contributed by atoms with Gasteiger partial charge in [-0.2, -0.15) is 0 Å². The Bertz CT molecular complexity index is 231. The van der Waals surface area contributed by atoms with Gasteiger partial charge >= 0.3 is 0 Å². The number of nitrogens with zero attached hydrogens (tertiary/aromatic N) is 1. The minimum atomic E-state index is -2.24. The highest BCUT2D eigenvalue weighted by atomic mass is 79.9. The molecule has 0 saturated carbocycles. The Morgan fingerprint density at radius 3 is 3.29 bits per heavy atom. The van der Waals surface area contributed by atoms with Crippen molar-refractivity contribution >= 4 is 15.9 Å². The monoisotopic (exact) mass is 164 g/mol. The first-order valence-electron chi connectivity index (χ1n) is 3.11. The summed E-state index contributed by atoms with van der Waals surface area (Å²) in [6, 6.07) is 0. The van der Waals surface area contributed by atoms with Crippen LogP contribution in [0.15, 0.2) is 15.3 Å². The molecule has 1 rings (SSSR count). The molecule has 0 atom stereocenters. The molecular formula is C4H4BrNO. The van der Waals surface area contributed by atoms with Crippen LogP contribution >= 0.6 is 15.9 Å². The largest absolute Gasteiger partial charge is 0.448 e. The van der Waals surface area contributed by atoms with Crippen LogP contribution in [0.2, 0.25) is 0 Å². The van der Waals surface area contributed by atoms with Crippen LogP contribution in [0.5, 0.6) is 0 Å². The Hall–Kier alpha value is -0.310. The molecular weight excluding hydrogens is 158 g/mol. The number of oxazole rings is 1. The summed E-state index contributed by atoms with van der Waals surface area (Å²) in [5.74, 6) is -0.237. The Balaban J connectivity index is 2.96. The van der Waals surface area contributed by atoms with Gasteiger partial charge in [-0.25, -0.2) is 4.98 Å². The molecule has 0 aromatic carbocycles. The number of halogens is 1. The Kier molecular flexibility index (Phi) is 0.546. The summed E-state index contributed by atoms with van der Waals surface area (Å²) in [5, 5.41) is 0. The van der Waals surface area contributed by atoms with Crippen molar-refractivity contribution in [3.8, 4) is 0 Å². The summed E-state index contributed by atoms with van der Waals surface area (Å²) < 4.78 is 25.5. The van der Waals surface area contributed by atoms with E-state index >= 15 is 0 Å². The molecule has 0 amide bonds. The molecule has 0 aliphatic rings. The first kappa shape index (κ1) is 2.31. The lowest BCUT2D eigenvalue weighted by Crippen LogP contribution is -1.63. The molecule has 3 heteroatoms. The maximum atomic E-state index is 6.84. The van der Waals surface area contributed by atoms with Gasteiger partial charge in [-0.1, -0.05) is 0 Å². The van der Waals surface area contributed by atoms with E-state index in [4.69, 9.17) is 4.11 Å². The normalized spacial score (nSPS) is 17.6. The molecule has 0 bridgehead atoms. The zero-order chi connectivity index (χ0) is 7.78. The third-order valence-corrected chi connectivity index (χ3v) is 0.840. The fraction of sp³-hybridized carbons (Fsp3) is 0.250. The molecule has 7 heavy (non-hydrogen) atoms. The third-order valence-electron chi connectivity index (χ3n) is 0.476. The molecule has 0 spiro atoms. The number of aromatic nitrogens is 1. The van der Waals surface area contributed by atoms with Crippen LogP contribution in [-0.2, 0) is 0 Å². The number of rotatable bonds is 0. The van der Waals surface area contributed by atoms with E-state index in [1.807, 2.05) is 0 Å². The summed E-state index contributed by atoms with van der Waals surface area (Å²) >= 11 is 2.97. The van der Waals surface area contributed by atoms with Crippen molar-refractivity contribution in [3.63, 3.8) is 0 Å². The predicted molar refractivity (Wildman–Crippen MR) is 28.9 cm³/mol. The van der Waals surface area contributed by atoms with E-state index in [0.717, 1.165) is 0 Å². The molecule has 2 nitrogen and oxygen atoms in total. The standard InChI is InChI=1S/C4H4BrNO/c1-3-6-4(5)2-7-3/h2H,1H3/i1D3. The molecule has 0 aliphatic heterocycles. The number of hydrogen-bond donors (Lipinski definition) is 0. The highest BCUT2D eigenvalue weighted by molar-refractivity contribution is 9.10. The fourth-order valence-electron chi connectivity index (χ4n) is 0.254. The highest BCUT2D eigenvalue weighted by Gasteiger charge is 1.89. The first-order chi connectivity index (χ1) is 4.50. The van der Waals surface area contributed by atoms with E-state index in [2.05, 4.69) is 25.3 Å². The van der Waals surface area contributed by atoms with E-state index in [1.54, 1.807) is 0 Å². The SMILES string of the molecule is [2H]C([2H])([2H])c1nc(Br)co1. The quantitative estimate of drug-likeness (QED) is 0.585. The zero-order valence-electron chi connectivity index (χ0n) is 6.31.